The smallest absolute Gasteiger partial charge is 0.358 e. The number of nitrogens with zero attached hydrogens (tertiary/aromatic N) is 2. The van der Waals surface area contributed by atoms with E-state index in [-0.39, 0.29) is 5.69 Å². The highest BCUT2D eigenvalue weighted by molar-refractivity contribution is 5.86. The van der Waals surface area contributed by atoms with Crippen molar-refractivity contribution < 1.29 is 9.90 Å². The van der Waals surface area contributed by atoms with Crippen molar-refractivity contribution in [3.63, 3.8) is 0 Å². The van der Waals surface area contributed by atoms with E-state index in [1.807, 2.05) is 0 Å². The van der Waals surface area contributed by atoms with Crippen LogP contribution in [0, 0.1) is 11.8 Å². The molecule has 2 aliphatic carbocycles. The highest BCUT2D eigenvalue weighted by atomic mass is 16.4. The Labute approximate surface area is 86.9 Å². The van der Waals surface area contributed by atoms with Gasteiger partial charge in [0.05, 0.1) is 0 Å². The number of aromatic carboxylic acids is 1. The molecule has 80 valence electrons. The lowest BCUT2D eigenvalue weighted by Gasteiger charge is -2.19. The van der Waals surface area contributed by atoms with Gasteiger partial charge in [-0.15, -0.1) is 5.10 Å². The molecule has 2 saturated carbocycles. The molecule has 1 heterocycles. The van der Waals surface area contributed by atoms with Crippen molar-refractivity contribution in [2.75, 3.05) is 0 Å². The first kappa shape index (κ1) is 8.88. The lowest BCUT2D eigenvalue weighted by molar-refractivity contribution is 0.0688. The first-order chi connectivity index (χ1) is 7.27. The normalized spacial score (nSPS) is 33.5. The first-order valence-corrected chi connectivity index (χ1v) is 5.41. The second kappa shape index (κ2) is 3.05. The molecule has 0 bridgehead atoms. The van der Waals surface area contributed by atoms with Gasteiger partial charge >= 0.3 is 5.97 Å². The van der Waals surface area contributed by atoms with Gasteiger partial charge < -0.3 is 5.11 Å². The standard InChI is InChI=1S/C10H13N3O2/c14-10(15)9-8(11-13-12-9)6-3-1-2-5-4-7(5)6/h5-7H,1-4H2,(H,14,15)(H,11,12,13). The molecule has 2 N–H and O–H groups in total. The number of aromatic nitrogens is 3. The molecule has 3 rings (SSSR count). The molecule has 0 saturated heterocycles. The summed E-state index contributed by atoms with van der Waals surface area (Å²) in [5, 5.41) is 19.1. The van der Waals surface area contributed by atoms with Crippen LogP contribution in [0.15, 0.2) is 0 Å². The minimum atomic E-state index is -0.971. The van der Waals surface area contributed by atoms with Crippen LogP contribution < -0.4 is 0 Å². The van der Waals surface area contributed by atoms with Crippen LogP contribution in [-0.4, -0.2) is 26.5 Å². The molecule has 15 heavy (non-hydrogen) atoms. The van der Waals surface area contributed by atoms with E-state index in [0.717, 1.165) is 12.3 Å². The van der Waals surface area contributed by atoms with E-state index in [1.165, 1.54) is 19.3 Å². The lowest BCUT2D eigenvalue weighted by Crippen LogP contribution is -2.13. The number of rotatable bonds is 2. The van der Waals surface area contributed by atoms with Gasteiger partial charge in [-0.25, -0.2) is 4.79 Å². The van der Waals surface area contributed by atoms with Gasteiger partial charge in [-0.05, 0) is 24.7 Å². The third kappa shape index (κ3) is 1.33. The number of fused-ring (bicyclic) bond motifs is 1. The van der Waals surface area contributed by atoms with Crippen LogP contribution in [0.3, 0.4) is 0 Å². The second-order valence-corrected chi connectivity index (χ2v) is 4.56. The van der Waals surface area contributed by atoms with Gasteiger partial charge in [0, 0.05) is 5.92 Å². The van der Waals surface area contributed by atoms with E-state index in [9.17, 15) is 4.79 Å². The molecule has 2 aliphatic rings. The van der Waals surface area contributed by atoms with E-state index in [1.54, 1.807) is 0 Å². The van der Waals surface area contributed by atoms with Crippen LogP contribution in [0.25, 0.3) is 0 Å². The molecule has 1 aromatic rings. The van der Waals surface area contributed by atoms with Crippen molar-refractivity contribution in [2.45, 2.75) is 31.6 Å². The Balaban J connectivity index is 1.91. The third-order valence-electron chi connectivity index (χ3n) is 3.71. The molecule has 0 amide bonds. The molecule has 1 aromatic heterocycles. The number of carboxylic acid groups (broad SMARTS) is 1. The van der Waals surface area contributed by atoms with Gasteiger partial charge in [0.25, 0.3) is 0 Å². The van der Waals surface area contributed by atoms with Crippen LogP contribution in [0.5, 0.6) is 0 Å². The van der Waals surface area contributed by atoms with Crippen molar-refractivity contribution in [2.24, 2.45) is 11.8 Å². The SMILES string of the molecule is O=C(O)c1n[nH]nc1C1CCCC2CC21. The number of H-pyrrole nitrogens is 1. The number of hydrogen-bond acceptors (Lipinski definition) is 3. The number of hydrogen-bond donors (Lipinski definition) is 2. The monoisotopic (exact) mass is 207 g/mol. The van der Waals surface area contributed by atoms with Crippen molar-refractivity contribution in [3.8, 4) is 0 Å². The summed E-state index contributed by atoms with van der Waals surface area (Å²) < 4.78 is 0. The van der Waals surface area contributed by atoms with Crippen LogP contribution in [0.2, 0.25) is 0 Å². The average Bonchev–Trinajstić information content (AvgIpc) is 2.84. The maximum Gasteiger partial charge on any atom is 0.358 e. The fourth-order valence-electron chi connectivity index (χ4n) is 2.90. The topological polar surface area (TPSA) is 78.9 Å². The number of carbonyl (C=O) groups is 1. The fourth-order valence-corrected chi connectivity index (χ4v) is 2.90. The van der Waals surface area contributed by atoms with Gasteiger partial charge in [0.2, 0.25) is 0 Å². The van der Waals surface area contributed by atoms with Gasteiger partial charge in [0.1, 0.15) is 5.69 Å². The number of nitrogens with one attached hydrogen (secondary N) is 1. The summed E-state index contributed by atoms with van der Waals surface area (Å²) in [4.78, 5) is 10.9. The van der Waals surface area contributed by atoms with Crippen molar-refractivity contribution in [3.05, 3.63) is 11.4 Å². The Bertz CT molecular complexity index is 401. The first-order valence-electron chi connectivity index (χ1n) is 5.41. The van der Waals surface area contributed by atoms with Crippen LogP contribution in [0.4, 0.5) is 0 Å². The molecule has 2 fully saturated rings. The van der Waals surface area contributed by atoms with Crippen LogP contribution in [-0.2, 0) is 0 Å². The van der Waals surface area contributed by atoms with Gasteiger partial charge in [-0.3, -0.25) is 0 Å². The molecule has 3 atom stereocenters. The Morgan fingerprint density at radius 1 is 1.40 bits per heavy atom. The zero-order valence-electron chi connectivity index (χ0n) is 8.31. The molecule has 5 nitrogen and oxygen atoms in total. The Morgan fingerprint density at radius 3 is 3.07 bits per heavy atom. The quantitative estimate of drug-likeness (QED) is 0.768. The summed E-state index contributed by atoms with van der Waals surface area (Å²) in [5.41, 5.74) is 0.794. The van der Waals surface area contributed by atoms with Gasteiger partial charge in [-0.2, -0.15) is 10.3 Å². The van der Waals surface area contributed by atoms with Crippen molar-refractivity contribution >= 4 is 5.97 Å². The third-order valence-corrected chi connectivity index (χ3v) is 3.71. The van der Waals surface area contributed by atoms with E-state index in [4.69, 9.17) is 5.11 Å². The summed E-state index contributed by atoms with van der Waals surface area (Å²) >= 11 is 0. The van der Waals surface area contributed by atoms with E-state index in [2.05, 4.69) is 15.4 Å². The zero-order chi connectivity index (χ0) is 10.4. The predicted octanol–water partition coefficient (Wildman–Crippen LogP) is 1.41. The second-order valence-electron chi connectivity index (χ2n) is 4.56. The van der Waals surface area contributed by atoms with E-state index >= 15 is 0 Å². The van der Waals surface area contributed by atoms with Gasteiger partial charge in [-0.1, -0.05) is 12.8 Å². The maximum absolute atomic E-state index is 10.9. The largest absolute Gasteiger partial charge is 0.476 e. The molecule has 0 aromatic carbocycles. The molecular weight excluding hydrogens is 194 g/mol. The summed E-state index contributed by atoms with van der Waals surface area (Å²) in [6.07, 6.45) is 4.81. The Hall–Kier alpha value is -1.39. The van der Waals surface area contributed by atoms with E-state index < -0.39 is 5.97 Å². The zero-order valence-corrected chi connectivity index (χ0v) is 8.31. The van der Waals surface area contributed by atoms with E-state index in [0.29, 0.717) is 17.5 Å². The summed E-state index contributed by atoms with van der Waals surface area (Å²) in [6.45, 7) is 0. The molecule has 3 unspecified atom stereocenters. The van der Waals surface area contributed by atoms with Crippen LogP contribution in [0.1, 0.15) is 47.8 Å². The lowest BCUT2D eigenvalue weighted by atomic mass is 9.86. The number of aromatic amines is 1. The van der Waals surface area contributed by atoms with Crippen molar-refractivity contribution in [1.29, 1.82) is 0 Å². The highest BCUT2D eigenvalue weighted by Crippen LogP contribution is 2.56. The molecule has 5 heteroatoms. The van der Waals surface area contributed by atoms with Crippen molar-refractivity contribution in [1.82, 2.24) is 15.4 Å². The highest BCUT2D eigenvalue weighted by Gasteiger charge is 2.47. The molecular formula is C10H13N3O2. The molecule has 0 radical (unpaired) electrons. The number of carboxylic acids is 1. The Kier molecular flexibility index (Phi) is 1.81. The minimum Gasteiger partial charge on any atom is -0.476 e. The summed E-state index contributed by atoms with van der Waals surface area (Å²) in [5.74, 6) is 0.846. The summed E-state index contributed by atoms with van der Waals surface area (Å²) in [6, 6.07) is 0. The fraction of sp³-hybridized carbons (Fsp3) is 0.700. The Morgan fingerprint density at radius 2 is 2.27 bits per heavy atom. The maximum atomic E-state index is 10.9. The minimum absolute atomic E-state index is 0.118. The molecule has 0 aliphatic heterocycles. The van der Waals surface area contributed by atoms with Gasteiger partial charge in [0.15, 0.2) is 5.69 Å². The summed E-state index contributed by atoms with van der Waals surface area (Å²) in [7, 11) is 0. The molecule has 0 spiro atoms. The average molecular weight is 207 g/mol. The predicted molar refractivity (Wildman–Crippen MR) is 51.5 cm³/mol. The van der Waals surface area contributed by atoms with Crippen LogP contribution >= 0.6 is 0 Å².